The Balaban J connectivity index is 3.35. The minimum Gasteiger partial charge on any atom is -0.390 e. The average molecular weight is 246 g/mol. The first-order valence-electron chi connectivity index (χ1n) is 6.78. The zero-order valence-corrected chi connectivity index (χ0v) is 11.9. The predicted octanol–water partition coefficient (Wildman–Crippen LogP) is 0.951. The number of likely N-dealkylation sites (N-methyl/N-ethyl adjacent to an activating group) is 1. The average Bonchev–Trinajstić information content (AvgIpc) is 2.30. The molecular weight excluding hydrogens is 216 g/mol. The number of hydrogen-bond donors (Lipinski definition) is 2. The number of hydrogen-bond acceptors (Lipinski definition) is 4. The van der Waals surface area contributed by atoms with E-state index < -0.39 is 0 Å². The van der Waals surface area contributed by atoms with Gasteiger partial charge in [0.05, 0.1) is 12.7 Å². The van der Waals surface area contributed by atoms with Crippen molar-refractivity contribution in [2.24, 2.45) is 5.92 Å². The Labute approximate surface area is 106 Å². The van der Waals surface area contributed by atoms with Crippen molar-refractivity contribution >= 4 is 0 Å². The van der Waals surface area contributed by atoms with Gasteiger partial charge >= 0.3 is 0 Å². The van der Waals surface area contributed by atoms with Crippen molar-refractivity contribution in [1.82, 2.24) is 10.2 Å². The van der Waals surface area contributed by atoms with E-state index in [4.69, 9.17) is 4.74 Å². The summed E-state index contributed by atoms with van der Waals surface area (Å²) >= 11 is 0. The molecule has 2 N–H and O–H groups in total. The van der Waals surface area contributed by atoms with Crippen LogP contribution in [0, 0.1) is 5.92 Å². The third kappa shape index (κ3) is 10.7. The van der Waals surface area contributed by atoms with Gasteiger partial charge in [-0.3, -0.25) is 0 Å². The number of nitrogens with zero attached hydrogens (tertiary/aromatic N) is 1. The number of aliphatic hydroxyl groups excluding tert-OH is 1. The maximum Gasteiger partial charge on any atom is 0.0791 e. The van der Waals surface area contributed by atoms with Crippen LogP contribution in [0.4, 0.5) is 0 Å². The molecule has 0 aliphatic heterocycles. The fourth-order valence-electron chi connectivity index (χ4n) is 1.58. The molecule has 4 heteroatoms. The summed E-state index contributed by atoms with van der Waals surface area (Å²) in [6.45, 7) is 14.2. The van der Waals surface area contributed by atoms with Crippen LogP contribution < -0.4 is 5.32 Å². The van der Waals surface area contributed by atoms with Gasteiger partial charge in [0.2, 0.25) is 0 Å². The molecule has 1 atom stereocenters. The SMILES string of the molecule is CCN(CC)CC(O)CNCCOCC(C)C. The molecule has 0 heterocycles. The molecule has 0 aliphatic carbocycles. The molecule has 0 radical (unpaired) electrons. The quantitative estimate of drug-likeness (QED) is 0.533. The molecule has 0 amide bonds. The van der Waals surface area contributed by atoms with Crippen LogP contribution >= 0.6 is 0 Å². The molecule has 0 saturated heterocycles. The normalized spacial score (nSPS) is 13.6. The zero-order valence-electron chi connectivity index (χ0n) is 11.9. The minimum atomic E-state index is -0.292. The van der Waals surface area contributed by atoms with Gasteiger partial charge in [0.25, 0.3) is 0 Å². The van der Waals surface area contributed by atoms with Gasteiger partial charge in [0.15, 0.2) is 0 Å². The van der Waals surface area contributed by atoms with Gasteiger partial charge in [0, 0.05) is 26.2 Å². The van der Waals surface area contributed by atoms with Crippen LogP contribution in [0.25, 0.3) is 0 Å². The third-order valence-corrected chi connectivity index (χ3v) is 2.62. The van der Waals surface area contributed by atoms with Crippen LogP contribution in [-0.2, 0) is 4.74 Å². The lowest BCUT2D eigenvalue weighted by molar-refractivity contribution is 0.0977. The van der Waals surface area contributed by atoms with Crippen molar-refractivity contribution in [1.29, 1.82) is 0 Å². The lowest BCUT2D eigenvalue weighted by Crippen LogP contribution is -2.39. The lowest BCUT2D eigenvalue weighted by atomic mass is 10.2. The van der Waals surface area contributed by atoms with Gasteiger partial charge < -0.3 is 20.1 Å². The third-order valence-electron chi connectivity index (χ3n) is 2.62. The van der Waals surface area contributed by atoms with Crippen LogP contribution in [0.2, 0.25) is 0 Å². The first-order valence-corrected chi connectivity index (χ1v) is 6.78. The Morgan fingerprint density at radius 1 is 1.24 bits per heavy atom. The van der Waals surface area contributed by atoms with Gasteiger partial charge in [-0.15, -0.1) is 0 Å². The summed E-state index contributed by atoms with van der Waals surface area (Å²) in [5, 5.41) is 13.0. The molecule has 0 aromatic carbocycles. The van der Waals surface area contributed by atoms with Gasteiger partial charge in [-0.25, -0.2) is 0 Å². The molecule has 4 nitrogen and oxygen atoms in total. The molecule has 17 heavy (non-hydrogen) atoms. The first kappa shape index (κ1) is 16.8. The summed E-state index contributed by atoms with van der Waals surface area (Å²) < 4.78 is 5.45. The van der Waals surface area contributed by atoms with E-state index in [1.165, 1.54) is 0 Å². The summed E-state index contributed by atoms with van der Waals surface area (Å²) in [4.78, 5) is 2.22. The van der Waals surface area contributed by atoms with Crippen molar-refractivity contribution in [2.45, 2.75) is 33.8 Å². The Bertz CT molecular complexity index is 161. The van der Waals surface area contributed by atoms with Crippen molar-refractivity contribution in [2.75, 3.05) is 45.9 Å². The zero-order chi connectivity index (χ0) is 13.1. The Morgan fingerprint density at radius 3 is 2.41 bits per heavy atom. The van der Waals surface area contributed by atoms with Gasteiger partial charge in [-0.05, 0) is 19.0 Å². The van der Waals surface area contributed by atoms with Crippen molar-refractivity contribution in [3.05, 3.63) is 0 Å². The fraction of sp³-hybridized carbons (Fsp3) is 1.00. The summed E-state index contributed by atoms with van der Waals surface area (Å²) in [6, 6.07) is 0. The van der Waals surface area contributed by atoms with Crippen molar-refractivity contribution in [3.8, 4) is 0 Å². The van der Waals surface area contributed by atoms with Crippen LogP contribution in [0.5, 0.6) is 0 Å². The van der Waals surface area contributed by atoms with Crippen LogP contribution in [0.1, 0.15) is 27.7 Å². The van der Waals surface area contributed by atoms with E-state index >= 15 is 0 Å². The van der Waals surface area contributed by atoms with Crippen LogP contribution in [0.15, 0.2) is 0 Å². The van der Waals surface area contributed by atoms with E-state index in [0.29, 0.717) is 12.5 Å². The standard InChI is InChI=1S/C13H30N2O2/c1-5-15(6-2)10-13(16)9-14-7-8-17-11-12(3)4/h12-14,16H,5-11H2,1-4H3. The maximum absolute atomic E-state index is 9.78. The summed E-state index contributed by atoms with van der Waals surface area (Å²) in [6.07, 6.45) is -0.292. The summed E-state index contributed by atoms with van der Waals surface area (Å²) in [5.74, 6) is 0.586. The maximum atomic E-state index is 9.78. The van der Waals surface area contributed by atoms with Gasteiger partial charge in [-0.1, -0.05) is 27.7 Å². The first-order chi connectivity index (χ1) is 8.10. The number of aliphatic hydroxyl groups is 1. The molecule has 1 unspecified atom stereocenters. The number of rotatable bonds is 11. The highest BCUT2D eigenvalue weighted by molar-refractivity contribution is 4.64. The monoisotopic (exact) mass is 246 g/mol. The molecule has 0 rings (SSSR count). The molecule has 0 bridgehead atoms. The van der Waals surface area contributed by atoms with Crippen molar-refractivity contribution in [3.63, 3.8) is 0 Å². The Kier molecular flexibility index (Phi) is 10.9. The largest absolute Gasteiger partial charge is 0.390 e. The molecule has 0 aliphatic rings. The molecule has 0 saturated carbocycles. The molecule has 0 aromatic heterocycles. The molecule has 104 valence electrons. The molecule has 0 fully saturated rings. The minimum absolute atomic E-state index is 0.292. The topological polar surface area (TPSA) is 44.7 Å². The van der Waals surface area contributed by atoms with Crippen molar-refractivity contribution < 1.29 is 9.84 Å². The molecule has 0 aromatic rings. The Hall–Kier alpha value is -0.160. The summed E-state index contributed by atoms with van der Waals surface area (Å²) in [7, 11) is 0. The molecule has 0 spiro atoms. The van der Waals surface area contributed by atoms with E-state index in [2.05, 4.69) is 37.9 Å². The molecular formula is C13H30N2O2. The van der Waals surface area contributed by atoms with E-state index in [1.807, 2.05) is 0 Å². The van der Waals surface area contributed by atoms with E-state index in [0.717, 1.165) is 39.4 Å². The van der Waals surface area contributed by atoms with E-state index in [1.54, 1.807) is 0 Å². The number of ether oxygens (including phenoxy) is 1. The summed E-state index contributed by atoms with van der Waals surface area (Å²) in [5.41, 5.74) is 0. The lowest BCUT2D eigenvalue weighted by Gasteiger charge is -2.22. The predicted molar refractivity (Wildman–Crippen MR) is 72.3 cm³/mol. The smallest absolute Gasteiger partial charge is 0.0791 e. The van der Waals surface area contributed by atoms with Crippen LogP contribution in [-0.4, -0.2) is 62.0 Å². The Morgan fingerprint density at radius 2 is 1.88 bits per heavy atom. The second kappa shape index (κ2) is 11.0. The van der Waals surface area contributed by atoms with E-state index in [9.17, 15) is 5.11 Å². The fourth-order valence-corrected chi connectivity index (χ4v) is 1.58. The number of nitrogens with one attached hydrogen (secondary N) is 1. The van der Waals surface area contributed by atoms with Gasteiger partial charge in [-0.2, -0.15) is 0 Å². The highest BCUT2D eigenvalue weighted by Gasteiger charge is 2.07. The highest BCUT2D eigenvalue weighted by Crippen LogP contribution is 1.92. The van der Waals surface area contributed by atoms with E-state index in [-0.39, 0.29) is 6.10 Å². The van der Waals surface area contributed by atoms with Crippen LogP contribution in [0.3, 0.4) is 0 Å². The second-order valence-corrected chi connectivity index (χ2v) is 4.81. The van der Waals surface area contributed by atoms with Gasteiger partial charge in [0.1, 0.15) is 0 Å². The highest BCUT2D eigenvalue weighted by atomic mass is 16.5. The second-order valence-electron chi connectivity index (χ2n) is 4.81.